The van der Waals surface area contributed by atoms with Crippen molar-refractivity contribution < 1.29 is 5.21 Å². The molecule has 0 radical (unpaired) electrons. The summed E-state index contributed by atoms with van der Waals surface area (Å²) in [5, 5.41) is 11.8. The van der Waals surface area contributed by atoms with Crippen molar-refractivity contribution in [2.75, 3.05) is 0 Å². The van der Waals surface area contributed by atoms with Gasteiger partial charge in [0.1, 0.15) is 0 Å². The van der Waals surface area contributed by atoms with Gasteiger partial charge in [-0.1, -0.05) is 22.9 Å². The van der Waals surface area contributed by atoms with Gasteiger partial charge in [0, 0.05) is 0 Å². The Bertz CT molecular complexity index is 436. The molecule has 0 aliphatic rings. The molecule has 0 aromatic heterocycles. The summed E-state index contributed by atoms with van der Waals surface area (Å²) in [6.45, 7) is 9.72. The molecule has 0 aliphatic carbocycles. The van der Waals surface area contributed by atoms with Crippen molar-refractivity contribution in [3.8, 4) is 0 Å². The SMILES string of the molecule is CC(=NO)C(C)=Nc1c(C)cc(C)cc1C. The predicted octanol–water partition coefficient (Wildman–Crippen LogP) is 3.55. The molecular weight excluding hydrogens is 200 g/mol. The van der Waals surface area contributed by atoms with Gasteiger partial charge < -0.3 is 5.21 Å². The summed E-state index contributed by atoms with van der Waals surface area (Å²) in [5.41, 5.74) is 5.76. The molecule has 0 spiro atoms. The van der Waals surface area contributed by atoms with Crippen molar-refractivity contribution >= 4 is 17.1 Å². The molecule has 3 nitrogen and oxygen atoms in total. The Morgan fingerprint density at radius 1 is 1.00 bits per heavy atom. The van der Waals surface area contributed by atoms with Gasteiger partial charge in [0.15, 0.2) is 0 Å². The number of benzene rings is 1. The Morgan fingerprint density at radius 3 is 1.94 bits per heavy atom. The molecule has 1 N–H and O–H groups in total. The summed E-state index contributed by atoms with van der Waals surface area (Å²) in [6.07, 6.45) is 0. The van der Waals surface area contributed by atoms with Crippen LogP contribution in [0.5, 0.6) is 0 Å². The normalized spacial score (nSPS) is 13.1. The van der Waals surface area contributed by atoms with Crippen molar-refractivity contribution in [3.63, 3.8) is 0 Å². The van der Waals surface area contributed by atoms with Crippen LogP contribution < -0.4 is 0 Å². The zero-order valence-corrected chi connectivity index (χ0v) is 10.5. The second-order valence-electron chi connectivity index (χ2n) is 4.13. The Kier molecular flexibility index (Phi) is 3.82. The quantitative estimate of drug-likeness (QED) is 0.460. The van der Waals surface area contributed by atoms with Crippen LogP contribution in [0.15, 0.2) is 22.3 Å². The van der Waals surface area contributed by atoms with Gasteiger partial charge in [0.2, 0.25) is 0 Å². The number of hydrogen-bond donors (Lipinski definition) is 1. The molecule has 0 fully saturated rings. The summed E-state index contributed by atoms with van der Waals surface area (Å²) >= 11 is 0. The molecular formula is C13H18N2O. The largest absolute Gasteiger partial charge is 0.411 e. The van der Waals surface area contributed by atoms with Crippen LogP contribution in [0, 0.1) is 20.8 Å². The molecule has 0 bridgehead atoms. The number of nitrogens with zero attached hydrogens (tertiary/aromatic N) is 2. The van der Waals surface area contributed by atoms with Crippen LogP contribution >= 0.6 is 0 Å². The van der Waals surface area contributed by atoms with E-state index in [0.717, 1.165) is 22.5 Å². The van der Waals surface area contributed by atoms with Gasteiger partial charge in [0.05, 0.1) is 17.1 Å². The lowest BCUT2D eigenvalue weighted by Gasteiger charge is -2.07. The van der Waals surface area contributed by atoms with Crippen molar-refractivity contribution in [2.24, 2.45) is 10.1 Å². The maximum Gasteiger partial charge on any atom is 0.0976 e. The van der Waals surface area contributed by atoms with E-state index < -0.39 is 0 Å². The van der Waals surface area contributed by atoms with Gasteiger partial charge in [-0.15, -0.1) is 0 Å². The lowest BCUT2D eigenvalue weighted by atomic mass is 10.1. The van der Waals surface area contributed by atoms with Gasteiger partial charge in [-0.3, -0.25) is 4.99 Å². The van der Waals surface area contributed by atoms with Crippen LogP contribution in [0.4, 0.5) is 5.69 Å². The van der Waals surface area contributed by atoms with E-state index >= 15 is 0 Å². The van der Waals surface area contributed by atoms with Gasteiger partial charge >= 0.3 is 0 Å². The molecule has 16 heavy (non-hydrogen) atoms. The minimum atomic E-state index is 0.541. The minimum Gasteiger partial charge on any atom is -0.411 e. The number of oxime groups is 1. The van der Waals surface area contributed by atoms with Crippen LogP contribution in [-0.2, 0) is 0 Å². The average Bonchev–Trinajstić information content (AvgIpc) is 2.21. The van der Waals surface area contributed by atoms with Crippen molar-refractivity contribution in [1.82, 2.24) is 0 Å². The summed E-state index contributed by atoms with van der Waals surface area (Å²) < 4.78 is 0. The van der Waals surface area contributed by atoms with Crippen LogP contribution in [-0.4, -0.2) is 16.6 Å². The van der Waals surface area contributed by atoms with Crippen molar-refractivity contribution in [3.05, 3.63) is 28.8 Å². The van der Waals surface area contributed by atoms with Crippen molar-refractivity contribution in [1.29, 1.82) is 0 Å². The summed E-state index contributed by atoms with van der Waals surface area (Å²) in [7, 11) is 0. The Hall–Kier alpha value is -1.64. The molecule has 0 saturated heterocycles. The zero-order valence-electron chi connectivity index (χ0n) is 10.5. The van der Waals surface area contributed by atoms with E-state index in [9.17, 15) is 0 Å². The fourth-order valence-electron chi connectivity index (χ4n) is 1.67. The standard InChI is InChI=1S/C13H18N2O/c1-8-6-9(2)13(10(3)7-8)14-11(4)12(5)15-16/h6-7,16H,1-5H3. The first-order chi connectivity index (χ1) is 7.45. The lowest BCUT2D eigenvalue weighted by Crippen LogP contribution is -2.05. The Morgan fingerprint density at radius 2 is 1.50 bits per heavy atom. The van der Waals surface area contributed by atoms with Crippen LogP contribution in [0.3, 0.4) is 0 Å². The molecule has 0 atom stereocenters. The highest BCUT2D eigenvalue weighted by Gasteiger charge is 2.04. The highest BCUT2D eigenvalue weighted by atomic mass is 16.4. The van der Waals surface area contributed by atoms with Crippen molar-refractivity contribution in [2.45, 2.75) is 34.6 Å². The van der Waals surface area contributed by atoms with Gasteiger partial charge in [-0.05, 0) is 45.7 Å². The van der Waals surface area contributed by atoms with Gasteiger partial charge in [-0.2, -0.15) is 0 Å². The molecule has 0 unspecified atom stereocenters. The fourth-order valence-corrected chi connectivity index (χ4v) is 1.67. The molecule has 1 rings (SSSR count). The van der Waals surface area contributed by atoms with E-state index in [1.807, 2.05) is 20.8 Å². The highest BCUT2D eigenvalue weighted by Crippen LogP contribution is 2.25. The smallest absolute Gasteiger partial charge is 0.0976 e. The first-order valence-electron chi connectivity index (χ1n) is 5.28. The van der Waals surface area contributed by atoms with Gasteiger partial charge in [-0.25, -0.2) is 0 Å². The third kappa shape index (κ3) is 2.69. The highest BCUT2D eigenvalue weighted by molar-refractivity contribution is 6.40. The number of rotatable bonds is 2. The molecule has 1 aromatic rings. The van der Waals surface area contributed by atoms with E-state index in [0.29, 0.717) is 5.71 Å². The van der Waals surface area contributed by atoms with E-state index in [4.69, 9.17) is 5.21 Å². The third-order valence-electron chi connectivity index (χ3n) is 2.59. The summed E-state index contributed by atoms with van der Waals surface area (Å²) in [5.74, 6) is 0. The molecule has 0 saturated carbocycles. The van der Waals surface area contributed by atoms with E-state index in [1.54, 1.807) is 6.92 Å². The van der Waals surface area contributed by atoms with E-state index in [2.05, 4.69) is 29.2 Å². The predicted molar refractivity (Wildman–Crippen MR) is 68.3 cm³/mol. The molecule has 0 amide bonds. The van der Waals surface area contributed by atoms with Gasteiger partial charge in [0.25, 0.3) is 0 Å². The van der Waals surface area contributed by atoms with Crippen LogP contribution in [0.1, 0.15) is 30.5 Å². The number of aryl methyl sites for hydroxylation is 3. The molecule has 3 heteroatoms. The molecule has 0 heterocycles. The second kappa shape index (κ2) is 4.92. The molecule has 1 aromatic carbocycles. The second-order valence-corrected chi connectivity index (χ2v) is 4.13. The lowest BCUT2D eigenvalue weighted by molar-refractivity contribution is 0.320. The molecule has 0 aliphatic heterocycles. The maximum absolute atomic E-state index is 8.67. The third-order valence-corrected chi connectivity index (χ3v) is 2.59. The summed E-state index contributed by atoms with van der Waals surface area (Å²) in [4.78, 5) is 4.50. The first-order valence-corrected chi connectivity index (χ1v) is 5.28. The number of aliphatic imine (C=N–C) groups is 1. The van der Waals surface area contributed by atoms with Crippen LogP contribution in [0.2, 0.25) is 0 Å². The fraction of sp³-hybridized carbons (Fsp3) is 0.385. The van der Waals surface area contributed by atoms with E-state index in [1.165, 1.54) is 5.56 Å². The Balaban J connectivity index is 3.25. The molecule has 86 valence electrons. The average molecular weight is 218 g/mol. The minimum absolute atomic E-state index is 0.541. The summed E-state index contributed by atoms with van der Waals surface area (Å²) in [6, 6.07) is 4.20. The first kappa shape index (κ1) is 12.4. The topological polar surface area (TPSA) is 45.0 Å². The van der Waals surface area contributed by atoms with Crippen LogP contribution in [0.25, 0.3) is 0 Å². The Labute approximate surface area is 96.5 Å². The van der Waals surface area contributed by atoms with E-state index in [-0.39, 0.29) is 0 Å². The monoisotopic (exact) mass is 218 g/mol. The zero-order chi connectivity index (χ0) is 12.3. The number of hydrogen-bond acceptors (Lipinski definition) is 3. The maximum atomic E-state index is 8.67.